The maximum atomic E-state index is 12.7. The van der Waals surface area contributed by atoms with E-state index < -0.39 is 0 Å². The lowest BCUT2D eigenvalue weighted by Gasteiger charge is -2.17. The van der Waals surface area contributed by atoms with Crippen molar-refractivity contribution in [3.63, 3.8) is 0 Å². The molecule has 0 fully saturated rings. The first-order valence-electron chi connectivity index (χ1n) is 8.52. The molecule has 0 bridgehead atoms. The number of H-pyrrole nitrogens is 1. The highest BCUT2D eigenvalue weighted by molar-refractivity contribution is 7.18. The molecule has 4 rings (SSSR count). The molecule has 0 radical (unpaired) electrons. The van der Waals surface area contributed by atoms with Gasteiger partial charge in [-0.15, -0.1) is 22.7 Å². The van der Waals surface area contributed by atoms with Crippen molar-refractivity contribution in [3.8, 4) is 0 Å². The number of rotatable bonds is 4. The minimum absolute atomic E-state index is 0.0402. The van der Waals surface area contributed by atoms with Crippen LogP contribution in [0.15, 0.2) is 22.3 Å². The Morgan fingerprint density at radius 1 is 1.50 bits per heavy atom. The van der Waals surface area contributed by atoms with Crippen LogP contribution in [0.5, 0.6) is 0 Å². The zero-order valence-electron chi connectivity index (χ0n) is 14.0. The molecule has 24 heavy (non-hydrogen) atoms. The maximum Gasteiger partial charge on any atom is 0.260 e. The van der Waals surface area contributed by atoms with Gasteiger partial charge in [0.05, 0.1) is 10.3 Å². The molecule has 3 N–H and O–H groups in total. The third-order valence-electron chi connectivity index (χ3n) is 4.87. The second-order valence-corrected chi connectivity index (χ2v) is 8.91. The van der Waals surface area contributed by atoms with Gasteiger partial charge in [0.25, 0.3) is 5.56 Å². The first-order chi connectivity index (χ1) is 11.6. The highest BCUT2D eigenvalue weighted by Crippen LogP contribution is 2.35. The molecule has 0 spiro atoms. The van der Waals surface area contributed by atoms with E-state index in [1.807, 2.05) is 0 Å². The van der Waals surface area contributed by atoms with E-state index in [-0.39, 0.29) is 11.6 Å². The molecular formula is C18H22N3OS2+. The number of quaternary nitrogens is 1. The van der Waals surface area contributed by atoms with E-state index in [1.54, 1.807) is 22.7 Å². The number of aryl methyl sites for hydroxylation is 1. The maximum absolute atomic E-state index is 12.7. The molecule has 1 aliphatic rings. The molecule has 4 nitrogen and oxygen atoms in total. The number of aromatic amines is 1. The smallest absolute Gasteiger partial charge is 0.260 e. The topological polar surface area (TPSA) is 62.4 Å². The average Bonchev–Trinajstić information content (AvgIpc) is 3.18. The molecule has 1 aliphatic carbocycles. The van der Waals surface area contributed by atoms with E-state index >= 15 is 0 Å². The van der Waals surface area contributed by atoms with Gasteiger partial charge in [-0.3, -0.25) is 4.79 Å². The fraction of sp³-hybridized carbons (Fsp3) is 0.444. The number of nitrogens with zero attached hydrogens (tertiary/aromatic N) is 1. The highest BCUT2D eigenvalue weighted by Gasteiger charge is 2.24. The number of nitrogens with one attached hydrogen (secondary N) is 1. The average molecular weight is 361 g/mol. The van der Waals surface area contributed by atoms with Crippen LogP contribution in [-0.2, 0) is 19.4 Å². The molecule has 0 aromatic carbocycles. The molecule has 0 unspecified atom stereocenters. The van der Waals surface area contributed by atoms with E-state index in [2.05, 4.69) is 41.7 Å². The molecule has 2 atom stereocenters. The third kappa shape index (κ3) is 2.94. The van der Waals surface area contributed by atoms with Crippen LogP contribution in [0, 0.1) is 5.92 Å². The van der Waals surface area contributed by atoms with E-state index in [1.165, 1.54) is 21.7 Å². The van der Waals surface area contributed by atoms with Gasteiger partial charge in [-0.2, -0.15) is 0 Å². The molecular weight excluding hydrogens is 338 g/mol. The van der Waals surface area contributed by atoms with E-state index in [4.69, 9.17) is 4.98 Å². The highest BCUT2D eigenvalue weighted by atomic mass is 32.1. The van der Waals surface area contributed by atoms with Crippen LogP contribution in [0.4, 0.5) is 0 Å². The summed E-state index contributed by atoms with van der Waals surface area (Å²) in [5, 5.41) is 5.17. The number of aromatic nitrogens is 2. The Balaban J connectivity index is 1.64. The third-order valence-corrected chi connectivity index (χ3v) is 6.91. The first-order valence-corrected chi connectivity index (χ1v) is 10.2. The molecule has 0 saturated heterocycles. The van der Waals surface area contributed by atoms with Crippen LogP contribution in [0.2, 0.25) is 0 Å². The fourth-order valence-electron chi connectivity index (χ4n) is 3.41. The van der Waals surface area contributed by atoms with Gasteiger partial charge >= 0.3 is 0 Å². The molecule has 0 amide bonds. The van der Waals surface area contributed by atoms with Gasteiger partial charge in [-0.05, 0) is 49.1 Å². The Labute approximate surface area is 149 Å². The Kier molecular flexibility index (Phi) is 4.28. The van der Waals surface area contributed by atoms with Crippen molar-refractivity contribution < 1.29 is 5.32 Å². The minimum Gasteiger partial charge on any atom is -0.333 e. The molecule has 3 aromatic rings. The van der Waals surface area contributed by atoms with E-state index in [0.717, 1.165) is 35.4 Å². The Bertz CT molecular complexity index is 910. The predicted octanol–water partition coefficient (Wildman–Crippen LogP) is 3.00. The normalized spacial score (nSPS) is 18.7. The lowest BCUT2D eigenvalue weighted by Crippen LogP contribution is -2.83. The van der Waals surface area contributed by atoms with Crippen LogP contribution in [0.1, 0.15) is 47.5 Å². The van der Waals surface area contributed by atoms with Crippen molar-refractivity contribution in [1.82, 2.24) is 9.97 Å². The monoisotopic (exact) mass is 360 g/mol. The summed E-state index contributed by atoms with van der Waals surface area (Å²) in [5.74, 6) is 1.50. The summed E-state index contributed by atoms with van der Waals surface area (Å²) in [6.45, 7) is 5.31. The molecule has 126 valence electrons. The zero-order valence-corrected chi connectivity index (χ0v) is 15.6. The van der Waals surface area contributed by atoms with Gasteiger partial charge in [0, 0.05) is 4.88 Å². The molecule has 0 aliphatic heterocycles. The van der Waals surface area contributed by atoms with Crippen LogP contribution in [-0.4, -0.2) is 9.97 Å². The van der Waals surface area contributed by atoms with Crippen molar-refractivity contribution in [3.05, 3.63) is 49.0 Å². The fourth-order valence-corrected chi connectivity index (χ4v) is 5.49. The summed E-state index contributed by atoms with van der Waals surface area (Å²) in [6, 6.07) is 4.35. The summed E-state index contributed by atoms with van der Waals surface area (Å²) in [7, 11) is 0. The van der Waals surface area contributed by atoms with Crippen molar-refractivity contribution >= 4 is 32.9 Å². The van der Waals surface area contributed by atoms with Crippen LogP contribution in [0.25, 0.3) is 10.2 Å². The van der Waals surface area contributed by atoms with Crippen molar-refractivity contribution in [2.75, 3.05) is 0 Å². The number of nitrogens with two attached hydrogens (primary N) is 1. The van der Waals surface area contributed by atoms with Crippen molar-refractivity contribution in [2.45, 2.75) is 45.7 Å². The first kappa shape index (κ1) is 16.0. The number of hydrogen-bond acceptors (Lipinski definition) is 4. The molecule has 3 heterocycles. The van der Waals surface area contributed by atoms with Crippen LogP contribution in [0.3, 0.4) is 0 Å². The predicted molar refractivity (Wildman–Crippen MR) is 99.8 cm³/mol. The van der Waals surface area contributed by atoms with Gasteiger partial charge in [0.15, 0.2) is 5.82 Å². The Morgan fingerprint density at radius 2 is 2.38 bits per heavy atom. The van der Waals surface area contributed by atoms with Crippen molar-refractivity contribution in [2.24, 2.45) is 5.92 Å². The summed E-state index contributed by atoms with van der Waals surface area (Å²) in [6.07, 6.45) is 3.27. The number of hydrogen-bond donors (Lipinski definition) is 2. The quantitative estimate of drug-likeness (QED) is 0.751. The summed E-state index contributed by atoms with van der Waals surface area (Å²) < 4.78 is 0. The summed E-state index contributed by atoms with van der Waals surface area (Å²) in [4.78, 5) is 24.1. The standard InChI is InChI=1S/C18H21N3OS2/c1-10-5-6-13-14(8-10)24-18-15(13)17(22)20-16(21-18)11(2)19-9-12-4-3-7-23-12/h3-4,7,10-11,19H,5-6,8-9H2,1-2H3,(H,20,21,22)/p+1/t10-,11-/m0/s1. The number of thiophene rings is 2. The summed E-state index contributed by atoms with van der Waals surface area (Å²) >= 11 is 3.48. The van der Waals surface area contributed by atoms with Gasteiger partial charge in [0.2, 0.25) is 0 Å². The second kappa shape index (κ2) is 6.43. The molecule has 0 saturated carbocycles. The lowest BCUT2D eigenvalue weighted by atomic mass is 9.89. The van der Waals surface area contributed by atoms with Crippen LogP contribution >= 0.6 is 22.7 Å². The van der Waals surface area contributed by atoms with Gasteiger partial charge < -0.3 is 10.3 Å². The van der Waals surface area contributed by atoms with E-state index in [9.17, 15) is 4.79 Å². The van der Waals surface area contributed by atoms with Gasteiger partial charge in [-0.1, -0.05) is 13.0 Å². The molecule has 3 aromatic heterocycles. The molecule has 6 heteroatoms. The van der Waals surface area contributed by atoms with E-state index in [0.29, 0.717) is 5.92 Å². The minimum atomic E-state index is 0.0402. The largest absolute Gasteiger partial charge is 0.333 e. The summed E-state index contributed by atoms with van der Waals surface area (Å²) in [5.41, 5.74) is 1.29. The Morgan fingerprint density at radius 3 is 3.17 bits per heavy atom. The SMILES string of the molecule is C[C@H]1CCc2c(sc3nc([C@H](C)[NH2+]Cc4cccs4)[nH]c(=O)c23)C1. The number of fused-ring (bicyclic) bond motifs is 3. The lowest BCUT2D eigenvalue weighted by molar-refractivity contribution is -0.708. The zero-order chi connectivity index (χ0) is 16.7. The van der Waals surface area contributed by atoms with Gasteiger partial charge in [-0.25, -0.2) is 4.98 Å². The van der Waals surface area contributed by atoms with Gasteiger partial charge in [0.1, 0.15) is 17.4 Å². The Hall–Kier alpha value is -1.50. The van der Waals surface area contributed by atoms with Crippen molar-refractivity contribution in [1.29, 1.82) is 0 Å². The second-order valence-electron chi connectivity index (χ2n) is 6.79. The van der Waals surface area contributed by atoms with Crippen LogP contribution < -0.4 is 10.9 Å².